The van der Waals surface area contributed by atoms with Crippen LogP contribution in [0.15, 0.2) is 24.3 Å². The Bertz CT molecular complexity index is 288. The molecule has 0 aliphatic carbocycles. The van der Waals surface area contributed by atoms with Gasteiger partial charge in [0, 0.05) is 25.6 Å². The highest BCUT2D eigenvalue weighted by atomic mass is 19.1. The van der Waals surface area contributed by atoms with E-state index in [1.54, 1.807) is 0 Å². The Balaban J connectivity index is 1.90. The third kappa shape index (κ3) is 1.95. The average Bonchev–Trinajstić information content (AvgIpc) is 2.13. The van der Waals surface area contributed by atoms with Crippen LogP contribution in [0.25, 0.3) is 0 Å². The van der Waals surface area contributed by atoms with Crippen molar-refractivity contribution < 1.29 is 4.39 Å². The first kappa shape index (κ1) is 9.66. The number of likely N-dealkylation sites (tertiary alicyclic amines) is 1. The van der Waals surface area contributed by atoms with Crippen LogP contribution in [0.4, 0.5) is 4.39 Å². The van der Waals surface area contributed by atoms with E-state index in [1.165, 1.54) is 11.1 Å². The molecule has 0 aromatic heterocycles. The van der Waals surface area contributed by atoms with Crippen LogP contribution < -0.4 is 0 Å². The molecule has 0 radical (unpaired) electrons. The Morgan fingerprint density at radius 2 is 1.93 bits per heavy atom. The number of aryl methyl sites for hydroxylation is 1. The number of hydrogen-bond donors (Lipinski definition) is 0. The maximum Gasteiger partial charge on any atom is 0.102 e. The fraction of sp³-hybridized carbons (Fsp3) is 0.500. The third-order valence-corrected chi connectivity index (χ3v) is 2.91. The molecular formula is C12H16FN. The molecule has 0 saturated carbocycles. The van der Waals surface area contributed by atoms with Gasteiger partial charge >= 0.3 is 0 Å². The van der Waals surface area contributed by atoms with Gasteiger partial charge in [-0.05, 0) is 12.5 Å². The van der Waals surface area contributed by atoms with Gasteiger partial charge in [-0.2, -0.15) is 0 Å². The lowest BCUT2D eigenvalue weighted by molar-refractivity contribution is 0.137. The highest BCUT2D eigenvalue weighted by Crippen LogP contribution is 2.26. The first-order valence-electron chi connectivity index (χ1n) is 5.14. The fourth-order valence-electron chi connectivity index (χ4n) is 1.92. The van der Waals surface area contributed by atoms with Gasteiger partial charge in [0.15, 0.2) is 0 Å². The van der Waals surface area contributed by atoms with Crippen molar-refractivity contribution in [1.29, 1.82) is 0 Å². The molecule has 1 aliphatic heterocycles. The minimum absolute atomic E-state index is 0.222. The molecule has 1 aliphatic rings. The molecule has 14 heavy (non-hydrogen) atoms. The highest BCUT2D eigenvalue weighted by Gasteiger charge is 2.26. The molecule has 1 nitrogen and oxygen atoms in total. The topological polar surface area (TPSA) is 3.24 Å². The second kappa shape index (κ2) is 4.09. The van der Waals surface area contributed by atoms with Gasteiger partial charge in [0.05, 0.1) is 0 Å². The van der Waals surface area contributed by atoms with E-state index < -0.39 is 0 Å². The van der Waals surface area contributed by atoms with E-state index in [0.717, 1.165) is 13.1 Å². The normalized spacial score (nSPS) is 18.1. The second-order valence-corrected chi connectivity index (χ2v) is 4.06. The molecular weight excluding hydrogens is 177 g/mol. The van der Waals surface area contributed by atoms with E-state index in [0.29, 0.717) is 12.5 Å². The standard InChI is InChI=1S/C12H16FN/c1-10-2-4-11(5-3-10)12-8-14(9-12)7-6-13/h2-5,12H,6-9H2,1H3. The Morgan fingerprint density at radius 3 is 2.50 bits per heavy atom. The molecule has 1 saturated heterocycles. The number of rotatable bonds is 3. The van der Waals surface area contributed by atoms with Crippen molar-refractivity contribution in [3.8, 4) is 0 Å². The molecule has 0 amide bonds. The molecule has 2 heteroatoms. The van der Waals surface area contributed by atoms with Gasteiger partial charge in [0.1, 0.15) is 6.67 Å². The zero-order chi connectivity index (χ0) is 9.97. The lowest BCUT2D eigenvalue weighted by atomic mass is 9.91. The van der Waals surface area contributed by atoms with Crippen LogP contribution in [0.1, 0.15) is 17.0 Å². The minimum Gasteiger partial charge on any atom is -0.299 e. The summed E-state index contributed by atoms with van der Waals surface area (Å²) in [5.41, 5.74) is 2.69. The van der Waals surface area contributed by atoms with Gasteiger partial charge < -0.3 is 0 Å². The highest BCUT2D eigenvalue weighted by molar-refractivity contribution is 5.26. The van der Waals surface area contributed by atoms with E-state index in [9.17, 15) is 4.39 Å². The minimum atomic E-state index is -0.222. The van der Waals surface area contributed by atoms with Gasteiger partial charge in [0.2, 0.25) is 0 Å². The molecule has 2 rings (SSSR count). The summed E-state index contributed by atoms with van der Waals surface area (Å²) in [4.78, 5) is 2.16. The van der Waals surface area contributed by atoms with E-state index in [4.69, 9.17) is 0 Å². The molecule has 0 bridgehead atoms. The van der Waals surface area contributed by atoms with Crippen LogP contribution in [0.3, 0.4) is 0 Å². The summed E-state index contributed by atoms with van der Waals surface area (Å²) in [7, 11) is 0. The Labute approximate surface area is 84.5 Å². The van der Waals surface area contributed by atoms with Gasteiger partial charge in [-0.3, -0.25) is 4.90 Å². The second-order valence-electron chi connectivity index (χ2n) is 4.06. The average molecular weight is 193 g/mol. The number of halogens is 1. The van der Waals surface area contributed by atoms with Crippen molar-refractivity contribution in [3.05, 3.63) is 35.4 Å². The molecule has 1 aromatic carbocycles. The number of alkyl halides is 1. The molecule has 0 unspecified atom stereocenters. The van der Waals surface area contributed by atoms with Gasteiger partial charge in [-0.15, -0.1) is 0 Å². The first-order valence-corrected chi connectivity index (χ1v) is 5.14. The summed E-state index contributed by atoms with van der Waals surface area (Å²) >= 11 is 0. The van der Waals surface area contributed by atoms with Crippen LogP contribution in [0, 0.1) is 6.92 Å². The Hall–Kier alpha value is -0.890. The lowest BCUT2D eigenvalue weighted by Crippen LogP contribution is -2.45. The van der Waals surface area contributed by atoms with Crippen molar-refractivity contribution >= 4 is 0 Å². The van der Waals surface area contributed by atoms with Crippen LogP contribution in [-0.4, -0.2) is 31.2 Å². The predicted molar refractivity (Wildman–Crippen MR) is 56.3 cm³/mol. The summed E-state index contributed by atoms with van der Waals surface area (Å²) in [6.07, 6.45) is 0. The maximum atomic E-state index is 12.0. The molecule has 0 atom stereocenters. The predicted octanol–water partition coefficient (Wildman–Crippen LogP) is 2.36. The largest absolute Gasteiger partial charge is 0.299 e. The molecule has 0 N–H and O–H groups in total. The van der Waals surface area contributed by atoms with E-state index in [-0.39, 0.29) is 6.67 Å². The van der Waals surface area contributed by atoms with E-state index in [1.807, 2.05) is 0 Å². The molecule has 1 heterocycles. The van der Waals surface area contributed by atoms with Crippen LogP contribution in [0.5, 0.6) is 0 Å². The van der Waals surface area contributed by atoms with Gasteiger partial charge in [-0.25, -0.2) is 4.39 Å². The van der Waals surface area contributed by atoms with Crippen molar-refractivity contribution in [1.82, 2.24) is 4.90 Å². The monoisotopic (exact) mass is 193 g/mol. The summed E-state index contributed by atoms with van der Waals surface area (Å²) in [6.45, 7) is 4.52. The number of hydrogen-bond acceptors (Lipinski definition) is 1. The Kier molecular flexibility index (Phi) is 2.82. The number of nitrogens with zero attached hydrogens (tertiary/aromatic N) is 1. The SMILES string of the molecule is Cc1ccc(C2CN(CCF)C2)cc1. The molecule has 1 aromatic rings. The fourth-order valence-corrected chi connectivity index (χ4v) is 1.92. The van der Waals surface area contributed by atoms with E-state index in [2.05, 4.69) is 36.1 Å². The quantitative estimate of drug-likeness (QED) is 0.712. The maximum absolute atomic E-state index is 12.0. The summed E-state index contributed by atoms with van der Waals surface area (Å²) < 4.78 is 12.0. The summed E-state index contributed by atoms with van der Waals surface area (Å²) in [6, 6.07) is 8.67. The lowest BCUT2D eigenvalue weighted by Gasteiger charge is -2.39. The molecule has 76 valence electrons. The van der Waals surface area contributed by atoms with Crippen LogP contribution in [0.2, 0.25) is 0 Å². The van der Waals surface area contributed by atoms with E-state index >= 15 is 0 Å². The van der Waals surface area contributed by atoms with Crippen molar-refractivity contribution in [2.75, 3.05) is 26.3 Å². The van der Waals surface area contributed by atoms with Gasteiger partial charge in [0.25, 0.3) is 0 Å². The number of benzene rings is 1. The third-order valence-electron chi connectivity index (χ3n) is 2.91. The molecule has 0 spiro atoms. The van der Waals surface area contributed by atoms with Crippen molar-refractivity contribution in [2.24, 2.45) is 0 Å². The smallest absolute Gasteiger partial charge is 0.102 e. The van der Waals surface area contributed by atoms with Crippen LogP contribution >= 0.6 is 0 Å². The summed E-state index contributed by atoms with van der Waals surface area (Å²) in [5, 5.41) is 0. The van der Waals surface area contributed by atoms with Crippen LogP contribution in [-0.2, 0) is 0 Å². The summed E-state index contributed by atoms with van der Waals surface area (Å²) in [5.74, 6) is 0.627. The molecule has 1 fully saturated rings. The zero-order valence-electron chi connectivity index (χ0n) is 8.54. The Morgan fingerprint density at radius 1 is 1.29 bits per heavy atom. The van der Waals surface area contributed by atoms with Crippen molar-refractivity contribution in [3.63, 3.8) is 0 Å². The van der Waals surface area contributed by atoms with Gasteiger partial charge in [-0.1, -0.05) is 29.8 Å². The first-order chi connectivity index (χ1) is 6.79. The zero-order valence-corrected chi connectivity index (χ0v) is 8.54. The van der Waals surface area contributed by atoms with Crippen molar-refractivity contribution in [2.45, 2.75) is 12.8 Å².